The number of aromatic nitrogens is 1. The molecule has 0 aliphatic heterocycles. The number of hydrogen-bond donors (Lipinski definition) is 0. The molecule has 1 aromatic rings. The van der Waals surface area contributed by atoms with Crippen LogP contribution in [0.25, 0.3) is 0 Å². The quantitative estimate of drug-likeness (QED) is 0.435. The van der Waals surface area contributed by atoms with Gasteiger partial charge in [0, 0.05) is 5.75 Å². The van der Waals surface area contributed by atoms with Crippen LogP contribution in [-0.2, 0) is 0 Å². The molecule has 1 heterocycles. The number of unbranched alkanes of at least 4 members (excludes halogenated alkanes) is 2. The number of carbonyl (C=O) groups excluding carboxylic acids is 1. The standard InChI is InChI=1S/C9H12ClNOS2/c1-2-3-4-5-13-9-11-8(10)7(6-12)14-9/h6H,2-5H2,1H3. The summed E-state index contributed by atoms with van der Waals surface area (Å²) >= 11 is 8.78. The molecule has 0 aliphatic rings. The Balaban J connectivity index is 2.39. The fourth-order valence-electron chi connectivity index (χ4n) is 0.940. The van der Waals surface area contributed by atoms with E-state index in [-0.39, 0.29) is 0 Å². The Kier molecular flexibility index (Phi) is 5.52. The van der Waals surface area contributed by atoms with Crippen LogP contribution in [0.1, 0.15) is 35.9 Å². The van der Waals surface area contributed by atoms with Gasteiger partial charge in [-0.25, -0.2) is 4.98 Å². The number of aldehydes is 1. The van der Waals surface area contributed by atoms with Crippen molar-refractivity contribution in [3.05, 3.63) is 10.0 Å². The van der Waals surface area contributed by atoms with Crippen LogP contribution < -0.4 is 0 Å². The number of hydrogen-bond acceptors (Lipinski definition) is 4. The number of nitrogens with zero attached hydrogens (tertiary/aromatic N) is 1. The highest BCUT2D eigenvalue weighted by Crippen LogP contribution is 2.29. The minimum absolute atomic E-state index is 0.336. The van der Waals surface area contributed by atoms with Crippen molar-refractivity contribution in [2.24, 2.45) is 0 Å². The summed E-state index contributed by atoms with van der Waals surface area (Å²) in [5, 5.41) is 0.336. The molecule has 2 nitrogen and oxygen atoms in total. The summed E-state index contributed by atoms with van der Waals surface area (Å²) in [4.78, 5) is 15.1. The third-order valence-corrected chi connectivity index (χ3v) is 4.28. The van der Waals surface area contributed by atoms with Gasteiger partial charge in [-0.1, -0.05) is 43.1 Å². The van der Waals surface area contributed by atoms with Crippen molar-refractivity contribution < 1.29 is 4.79 Å². The maximum Gasteiger partial charge on any atom is 0.163 e. The van der Waals surface area contributed by atoms with Crippen LogP contribution in [0.2, 0.25) is 5.15 Å². The van der Waals surface area contributed by atoms with E-state index in [4.69, 9.17) is 11.6 Å². The highest BCUT2D eigenvalue weighted by molar-refractivity contribution is 8.01. The van der Waals surface area contributed by atoms with Crippen LogP contribution in [0, 0.1) is 0 Å². The molecule has 0 aromatic carbocycles. The number of thioether (sulfide) groups is 1. The maximum atomic E-state index is 10.5. The summed E-state index contributed by atoms with van der Waals surface area (Å²) in [5.74, 6) is 1.05. The zero-order valence-corrected chi connectivity index (χ0v) is 10.3. The number of rotatable bonds is 6. The first-order valence-electron chi connectivity index (χ1n) is 4.52. The molecule has 0 fully saturated rings. The van der Waals surface area contributed by atoms with E-state index in [1.807, 2.05) is 0 Å². The van der Waals surface area contributed by atoms with Crippen LogP contribution >= 0.6 is 34.7 Å². The minimum atomic E-state index is 0.336. The first-order chi connectivity index (χ1) is 6.77. The predicted octanol–water partition coefficient (Wildman–Crippen LogP) is 3.89. The number of carbonyl (C=O) groups is 1. The lowest BCUT2D eigenvalue weighted by molar-refractivity contribution is 0.112. The summed E-state index contributed by atoms with van der Waals surface area (Å²) in [6, 6.07) is 0. The molecule has 0 N–H and O–H groups in total. The van der Waals surface area contributed by atoms with E-state index in [0.717, 1.165) is 16.4 Å². The van der Waals surface area contributed by atoms with Gasteiger partial charge < -0.3 is 0 Å². The molecule has 0 saturated carbocycles. The summed E-state index contributed by atoms with van der Waals surface area (Å²) in [5.41, 5.74) is 0. The fourth-order valence-corrected chi connectivity index (χ4v) is 3.22. The van der Waals surface area contributed by atoms with Crippen LogP contribution in [0.3, 0.4) is 0 Å². The van der Waals surface area contributed by atoms with Crippen molar-refractivity contribution >= 4 is 41.0 Å². The van der Waals surface area contributed by atoms with E-state index in [1.54, 1.807) is 11.8 Å². The van der Waals surface area contributed by atoms with E-state index in [0.29, 0.717) is 10.0 Å². The molecule has 0 atom stereocenters. The van der Waals surface area contributed by atoms with Crippen molar-refractivity contribution in [3.8, 4) is 0 Å². The third-order valence-electron chi connectivity index (χ3n) is 1.67. The number of halogens is 1. The second-order valence-corrected chi connectivity index (χ2v) is 5.54. The molecule has 0 bridgehead atoms. The van der Waals surface area contributed by atoms with Gasteiger partial charge in [0.25, 0.3) is 0 Å². The van der Waals surface area contributed by atoms with Gasteiger partial charge in [0.15, 0.2) is 15.8 Å². The lowest BCUT2D eigenvalue weighted by Gasteiger charge is -1.94. The van der Waals surface area contributed by atoms with Crippen LogP contribution in [-0.4, -0.2) is 17.0 Å². The van der Waals surface area contributed by atoms with Crippen LogP contribution in [0.4, 0.5) is 0 Å². The van der Waals surface area contributed by atoms with Gasteiger partial charge in [0.2, 0.25) is 0 Å². The highest BCUT2D eigenvalue weighted by Gasteiger charge is 2.07. The smallest absolute Gasteiger partial charge is 0.163 e. The average molecular weight is 250 g/mol. The molecule has 1 rings (SSSR count). The molecule has 0 amide bonds. The zero-order valence-electron chi connectivity index (χ0n) is 7.96. The molecular formula is C9H12ClNOS2. The Morgan fingerprint density at radius 2 is 2.36 bits per heavy atom. The summed E-state index contributed by atoms with van der Waals surface area (Å²) in [6.45, 7) is 2.18. The van der Waals surface area contributed by atoms with Crippen molar-refractivity contribution in [1.82, 2.24) is 4.98 Å². The predicted molar refractivity (Wildman–Crippen MR) is 62.8 cm³/mol. The summed E-state index contributed by atoms with van der Waals surface area (Å²) in [6.07, 6.45) is 4.41. The topological polar surface area (TPSA) is 30.0 Å². The molecule has 0 saturated heterocycles. The average Bonchev–Trinajstić information content (AvgIpc) is 2.54. The van der Waals surface area contributed by atoms with Gasteiger partial charge in [0.05, 0.1) is 0 Å². The molecule has 1 aromatic heterocycles. The van der Waals surface area contributed by atoms with E-state index in [1.165, 1.54) is 30.6 Å². The van der Waals surface area contributed by atoms with E-state index >= 15 is 0 Å². The minimum Gasteiger partial charge on any atom is -0.297 e. The summed E-state index contributed by atoms with van der Waals surface area (Å²) in [7, 11) is 0. The van der Waals surface area contributed by atoms with Gasteiger partial charge in [-0.05, 0) is 6.42 Å². The Morgan fingerprint density at radius 1 is 1.57 bits per heavy atom. The monoisotopic (exact) mass is 249 g/mol. The molecule has 14 heavy (non-hydrogen) atoms. The third kappa shape index (κ3) is 3.59. The molecule has 0 aliphatic carbocycles. The van der Waals surface area contributed by atoms with Gasteiger partial charge >= 0.3 is 0 Å². The second-order valence-electron chi connectivity index (χ2n) is 2.81. The van der Waals surface area contributed by atoms with Crippen LogP contribution in [0.5, 0.6) is 0 Å². The largest absolute Gasteiger partial charge is 0.297 e. The van der Waals surface area contributed by atoms with Gasteiger partial charge in [-0.15, -0.1) is 11.3 Å². The maximum absolute atomic E-state index is 10.5. The first-order valence-corrected chi connectivity index (χ1v) is 6.70. The Morgan fingerprint density at radius 3 is 2.93 bits per heavy atom. The normalized spacial score (nSPS) is 10.4. The van der Waals surface area contributed by atoms with Gasteiger partial charge in [0.1, 0.15) is 4.88 Å². The lowest BCUT2D eigenvalue weighted by atomic mass is 10.3. The Bertz CT molecular complexity index is 301. The molecule has 5 heteroatoms. The lowest BCUT2D eigenvalue weighted by Crippen LogP contribution is -1.78. The Hall–Kier alpha value is -0.0600. The van der Waals surface area contributed by atoms with Gasteiger partial charge in [-0.2, -0.15) is 0 Å². The molecule has 78 valence electrons. The second kappa shape index (κ2) is 6.43. The highest BCUT2D eigenvalue weighted by atomic mass is 35.5. The first kappa shape index (κ1) is 12.0. The van der Waals surface area contributed by atoms with Crippen molar-refractivity contribution in [1.29, 1.82) is 0 Å². The van der Waals surface area contributed by atoms with Gasteiger partial charge in [-0.3, -0.25) is 4.79 Å². The van der Waals surface area contributed by atoms with E-state index in [9.17, 15) is 4.79 Å². The molecule has 0 radical (unpaired) electrons. The zero-order chi connectivity index (χ0) is 10.4. The number of thiazole rings is 1. The Labute approximate surface area is 97.1 Å². The molecule has 0 unspecified atom stereocenters. The van der Waals surface area contributed by atoms with Crippen molar-refractivity contribution in [2.45, 2.75) is 30.5 Å². The van der Waals surface area contributed by atoms with E-state index in [2.05, 4.69) is 11.9 Å². The SMILES string of the molecule is CCCCCSc1nc(Cl)c(C=O)s1. The van der Waals surface area contributed by atoms with Crippen molar-refractivity contribution in [3.63, 3.8) is 0 Å². The molecule has 0 spiro atoms. The summed E-state index contributed by atoms with van der Waals surface area (Å²) < 4.78 is 0.896. The van der Waals surface area contributed by atoms with Crippen molar-refractivity contribution in [2.75, 3.05) is 5.75 Å². The molecular weight excluding hydrogens is 238 g/mol. The van der Waals surface area contributed by atoms with Crippen LogP contribution in [0.15, 0.2) is 4.34 Å². The van der Waals surface area contributed by atoms with E-state index < -0.39 is 0 Å². The fraction of sp³-hybridized carbons (Fsp3) is 0.556.